The molecule has 3 nitrogen and oxygen atoms in total. The van der Waals surface area contributed by atoms with Crippen LogP contribution in [0.4, 0.5) is 0 Å². The monoisotopic (exact) mass is 355 g/mol. The summed E-state index contributed by atoms with van der Waals surface area (Å²) in [5.74, 6) is 1.44. The highest BCUT2D eigenvalue weighted by atomic mass is 79.9. The van der Waals surface area contributed by atoms with Crippen LogP contribution in [0.2, 0.25) is 5.02 Å². The van der Waals surface area contributed by atoms with Crippen molar-refractivity contribution in [1.82, 2.24) is 0 Å². The van der Waals surface area contributed by atoms with Crippen molar-refractivity contribution in [2.75, 3.05) is 14.2 Å². The lowest BCUT2D eigenvalue weighted by Gasteiger charge is -2.18. The summed E-state index contributed by atoms with van der Waals surface area (Å²) in [5.41, 5.74) is 8.10. The van der Waals surface area contributed by atoms with Gasteiger partial charge in [0.2, 0.25) is 0 Å². The van der Waals surface area contributed by atoms with E-state index >= 15 is 0 Å². The largest absolute Gasteiger partial charge is 0.497 e. The first-order valence-electron chi connectivity index (χ1n) is 5.99. The van der Waals surface area contributed by atoms with Crippen molar-refractivity contribution in [3.8, 4) is 11.5 Å². The Morgan fingerprint density at radius 3 is 2.45 bits per heavy atom. The van der Waals surface area contributed by atoms with E-state index < -0.39 is 0 Å². The van der Waals surface area contributed by atoms with Crippen molar-refractivity contribution in [1.29, 1.82) is 0 Å². The second-order valence-electron chi connectivity index (χ2n) is 4.25. The van der Waals surface area contributed by atoms with Crippen LogP contribution >= 0.6 is 27.5 Å². The van der Waals surface area contributed by atoms with E-state index in [0.29, 0.717) is 10.8 Å². The highest BCUT2D eigenvalue weighted by Crippen LogP contribution is 2.35. The minimum Gasteiger partial charge on any atom is -0.497 e. The quantitative estimate of drug-likeness (QED) is 0.894. The van der Waals surface area contributed by atoms with E-state index in [1.165, 1.54) is 0 Å². The molecule has 0 spiro atoms. The SMILES string of the molecule is COc1ccc(OC)c(C(N)c2cc(Cl)ccc2Br)c1. The Bertz CT molecular complexity index is 619. The van der Waals surface area contributed by atoms with Gasteiger partial charge >= 0.3 is 0 Å². The van der Waals surface area contributed by atoms with Gasteiger partial charge in [0.1, 0.15) is 11.5 Å². The van der Waals surface area contributed by atoms with E-state index in [1.807, 2.05) is 36.4 Å². The van der Waals surface area contributed by atoms with E-state index in [4.69, 9.17) is 26.8 Å². The molecule has 0 aliphatic heterocycles. The number of hydrogen-bond acceptors (Lipinski definition) is 3. The highest BCUT2D eigenvalue weighted by Gasteiger charge is 2.18. The van der Waals surface area contributed by atoms with Gasteiger partial charge in [-0.1, -0.05) is 27.5 Å². The van der Waals surface area contributed by atoms with Crippen LogP contribution < -0.4 is 15.2 Å². The zero-order chi connectivity index (χ0) is 14.7. The van der Waals surface area contributed by atoms with Gasteiger partial charge in [-0.2, -0.15) is 0 Å². The molecule has 0 bridgehead atoms. The maximum absolute atomic E-state index is 6.36. The van der Waals surface area contributed by atoms with Crippen molar-refractivity contribution in [2.45, 2.75) is 6.04 Å². The van der Waals surface area contributed by atoms with Crippen LogP contribution in [-0.2, 0) is 0 Å². The molecule has 2 N–H and O–H groups in total. The van der Waals surface area contributed by atoms with Gasteiger partial charge in [0.05, 0.1) is 20.3 Å². The predicted octanol–water partition coefficient (Wildman–Crippen LogP) is 4.17. The molecule has 2 aromatic carbocycles. The lowest BCUT2D eigenvalue weighted by Crippen LogP contribution is -2.14. The fraction of sp³-hybridized carbons (Fsp3) is 0.200. The van der Waals surface area contributed by atoms with Gasteiger partial charge in [0, 0.05) is 15.1 Å². The van der Waals surface area contributed by atoms with Crippen LogP contribution in [0.3, 0.4) is 0 Å². The molecule has 2 aromatic rings. The van der Waals surface area contributed by atoms with Crippen LogP contribution in [0.25, 0.3) is 0 Å². The second kappa shape index (κ2) is 6.48. The van der Waals surface area contributed by atoms with E-state index in [2.05, 4.69) is 15.9 Å². The van der Waals surface area contributed by atoms with Crippen LogP contribution in [0.1, 0.15) is 17.2 Å². The molecular formula is C15H15BrClNO2. The molecule has 0 aliphatic carbocycles. The van der Waals surface area contributed by atoms with Crippen molar-refractivity contribution >= 4 is 27.5 Å². The summed E-state index contributed by atoms with van der Waals surface area (Å²) in [6.45, 7) is 0. The van der Waals surface area contributed by atoms with Crippen molar-refractivity contribution < 1.29 is 9.47 Å². The maximum atomic E-state index is 6.36. The van der Waals surface area contributed by atoms with Gasteiger partial charge in [-0.3, -0.25) is 0 Å². The lowest BCUT2D eigenvalue weighted by atomic mass is 9.98. The van der Waals surface area contributed by atoms with E-state index in [9.17, 15) is 0 Å². The van der Waals surface area contributed by atoms with Crippen molar-refractivity contribution in [3.63, 3.8) is 0 Å². The first-order chi connectivity index (χ1) is 9.56. The van der Waals surface area contributed by atoms with Gasteiger partial charge in [-0.15, -0.1) is 0 Å². The van der Waals surface area contributed by atoms with Crippen LogP contribution in [0.15, 0.2) is 40.9 Å². The van der Waals surface area contributed by atoms with Gasteiger partial charge in [-0.05, 0) is 42.0 Å². The minimum absolute atomic E-state index is 0.367. The molecule has 0 heterocycles. The van der Waals surface area contributed by atoms with Gasteiger partial charge in [0.15, 0.2) is 0 Å². The van der Waals surface area contributed by atoms with E-state index in [1.54, 1.807) is 14.2 Å². The van der Waals surface area contributed by atoms with Crippen molar-refractivity contribution in [2.24, 2.45) is 5.73 Å². The predicted molar refractivity (Wildman–Crippen MR) is 84.7 cm³/mol. The summed E-state index contributed by atoms with van der Waals surface area (Å²) in [6.07, 6.45) is 0. The third-order valence-electron chi connectivity index (χ3n) is 3.07. The minimum atomic E-state index is -0.367. The van der Waals surface area contributed by atoms with Crippen LogP contribution in [-0.4, -0.2) is 14.2 Å². The molecule has 0 fully saturated rings. The Morgan fingerprint density at radius 1 is 1.05 bits per heavy atom. The molecule has 1 unspecified atom stereocenters. The molecule has 1 atom stereocenters. The molecule has 0 amide bonds. The second-order valence-corrected chi connectivity index (χ2v) is 5.54. The summed E-state index contributed by atoms with van der Waals surface area (Å²) >= 11 is 9.55. The Labute approximate surface area is 131 Å². The summed E-state index contributed by atoms with van der Waals surface area (Å²) in [7, 11) is 3.23. The van der Waals surface area contributed by atoms with Crippen LogP contribution in [0, 0.1) is 0 Å². The fourth-order valence-corrected chi connectivity index (χ4v) is 2.68. The van der Waals surface area contributed by atoms with Gasteiger partial charge < -0.3 is 15.2 Å². The smallest absolute Gasteiger partial charge is 0.124 e. The van der Waals surface area contributed by atoms with E-state index in [0.717, 1.165) is 21.3 Å². The third-order valence-corrected chi connectivity index (χ3v) is 4.02. The average molecular weight is 357 g/mol. The molecule has 20 heavy (non-hydrogen) atoms. The number of rotatable bonds is 4. The first kappa shape index (κ1) is 15.2. The molecule has 0 radical (unpaired) electrons. The maximum Gasteiger partial charge on any atom is 0.124 e. The summed E-state index contributed by atoms with van der Waals surface area (Å²) < 4.78 is 11.5. The highest BCUT2D eigenvalue weighted by molar-refractivity contribution is 9.10. The number of benzene rings is 2. The van der Waals surface area contributed by atoms with E-state index in [-0.39, 0.29) is 6.04 Å². The van der Waals surface area contributed by atoms with Crippen molar-refractivity contribution in [3.05, 3.63) is 57.0 Å². The fourth-order valence-electron chi connectivity index (χ4n) is 2.00. The third kappa shape index (κ3) is 3.08. The number of methoxy groups -OCH3 is 2. The number of ether oxygens (including phenoxy) is 2. The Balaban J connectivity index is 2.51. The number of halogens is 2. The zero-order valence-corrected chi connectivity index (χ0v) is 13.5. The Morgan fingerprint density at radius 2 is 1.80 bits per heavy atom. The summed E-state index contributed by atoms with van der Waals surface area (Å²) in [6, 6.07) is 10.7. The summed E-state index contributed by atoms with van der Waals surface area (Å²) in [5, 5.41) is 0.639. The molecule has 106 valence electrons. The number of nitrogens with two attached hydrogens (primary N) is 1. The normalized spacial score (nSPS) is 12.1. The van der Waals surface area contributed by atoms with Gasteiger partial charge in [-0.25, -0.2) is 0 Å². The molecule has 0 saturated carbocycles. The standard InChI is InChI=1S/C15H15BrClNO2/c1-19-10-4-6-14(20-2)12(8-10)15(18)11-7-9(17)3-5-13(11)16/h3-8,15H,18H2,1-2H3. The topological polar surface area (TPSA) is 44.5 Å². The Kier molecular flexibility index (Phi) is 4.91. The van der Waals surface area contributed by atoms with Crippen LogP contribution in [0.5, 0.6) is 11.5 Å². The van der Waals surface area contributed by atoms with Gasteiger partial charge in [0.25, 0.3) is 0 Å². The molecule has 0 aromatic heterocycles. The molecule has 5 heteroatoms. The Hall–Kier alpha value is -1.23. The summed E-state index contributed by atoms with van der Waals surface area (Å²) in [4.78, 5) is 0. The number of hydrogen-bond donors (Lipinski definition) is 1. The first-order valence-corrected chi connectivity index (χ1v) is 7.16. The molecule has 2 rings (SSSR count). The molecule has 0 saturated heterocycles. The molecular weight excluding hydrogens is 342 g/mol. The average Bonchev–Trinajstić information content (AvgIpc) is 2.48. The molecule has 0 aliphatic rings. The zero-order valence-electron chi connectivity index (χ0n) is 11.2. The lowest BCUT2D eigenvalue weighted by molar-refractivity contribution is 0.397.